The van der Waals surface area contributed by atoms with Crippen molar-refractivity contribution < 1.29 is 18.3 Å². The molecule has 1 unspecified atom stereocenters. The van der Waals surface area contributed by atoms with Crippen molar-refractivity contribution in [1.29, 1.82) is 0 Å². The monoisotopic (exact) mass is 263 g/mol. The van der Waals surface area contributed by atoms with Gasteiger partial charge in [0, 0.05) is 0 Å². The standard InChI is InChI=1S/C9H10ClNO4S/c10-6-3-1-2-4-8(6)16(14,15)5-7(11)9(12)13/h1-4,7H,5,11H2,(H,12,13). The molecule has 88 valence electrons. The predicted molar refractivity (Wildman–Crippen MR) is 59.1 cm³/mol. The SMILES string of the molecule is NC(CS(=O)(=O)c1ccccc1Cl)C(=O)O. The Morgan fingerprint density at radius 3 is 2.50 bits per heavy atom. The van der Waals surface area contributed by atoms with Crippen molar-refractivity contribution in [3.05, 3.63) is 29.3 Å². The van der Waals surface area contributed by atoms with Gasteiger partial charge in [-0.2, -0.15) is 0 Å². The van der Waals surface area contributed by atoms with Crippen LogP contribution in [0, 0.1) is 0 Å². The number of rotatable bonds is 4. The topological polar surface area (TPSA) is 97.5 Å². The van der Waals surface area contributed by atoms with Crippen molar-refractivity contribution in [1.82, 2.24) is 0 Å². The Kier molecular flexibility index (Phi) is 3.90. The molecule has 0 fully saturated rings. The van der Waals surface area contributed by atoms with Crippen LogP contribution in [-0.2, 0) is 14.6 Å². The quantitative estimate of drug-likeness (QED) is 0.826. The van der Waals surface area contributed by atoms with Crippen molar-refractivity contribution >= 4 is 27.4 Å². The molecule has 1 aromatic rings. The maximum Gasteiger partial charge on any atom is 0.321 e. The number of hydrogen-bond donors (Lipinski definition) is 2. The summed E-state index contributed by atoms with van der Waals surface area (Å²) in [4.78, 5) is 10.4. The van der Waals surface area contributed by atoms with Gasteiger partial charge in [0.2, 0.25) is 0 Å². The van der Waals surface area contributed by atoms with Gasteiger partial charge >= 0.3 is 5.97 Å². The number of carboxylic acids is 1. The number of carboxylic acid groups (broad SMARTS) is 1. The van der Waals surface area contributed by atoms with E-state index >= 15 is 0 Å². The first kappa shape index (κ1) is 13.0. The Morgan fingerprint density at radius 2 is 2.00 bits per heavy atom. The molecule has 0 spiro atoms. The summed E-state index contributed by atoms with van der Waals surface area (Å²) < 4.78 is 23.5. The fourth-order valence-electron chi connectivity index (χ4n) is 1.09. The molecule has 3 N–H and O–H groups in total. The van der Waals surface area contributed by atoms with Crippen molar-refractivity contribution in [2.45, 2.75) is 10.9 Å². The summed E-state index contributed by atoms with van der Waals surface area (Å²) in [6, 6.07) is 4.36. The zero-order valence-electron chi connectivity index (χ0n) is 8.13. The molecule has 0 aliphatic rings. The third-order valence-corrected chi connectivity index (χ3v) is 4.15. The van der Waals surface area contributed by atoms with E-state index in [4.69, 9.17) is 22.4 Å². The van der Waals surface area contributed by atoms with Crippen LogP contribution in [0.2, 0.25) is 5.02 Å². The highest BCUT2D eigenvalue weighted by Crippen LogP contribution is 2.21. The molecule has 5 nitrogen and oxygen atoms in total. The Bertz CT molecular complexity index is 500. The molecule has 0 bridgehead atoms. The average molecular weight is 264 g/mol. The van der Waals surface area contributed by atoms with E-state index in [9.17, 15) is 13.2 Å². The number of benzene rings is 1. The lowest BCUT2D eigenvalue weighted by atomic mass is 10.4. The maximum absolute atomic E-state index is 11.7. The molecule has 16 heavy (non-hydrogen) atoms. The number of carbonyl (C=O) groups is 1. The molecule has 0 aliphatic carbocycles. The van der Waals surface area contributed by atoms with E-state index in [-0.39, 0.29) is 9.92 Å². The Morgan fingerprint density at radius 1 is 1.44 bits per heavy atom. The van der Waals surface area contributed by atoms with Gasteiger partial charge in [-0.05, 0) is 12.1 Å². The molecule has 1 atom stereocenters. The lowest BCUT2D eigenvalue weighted by Gasteiger charge is -2.08. The van der Waals surface area contributed by atoms with Crippen molar-refractivity contribution in [2.24, 2.45) is 5.73 Å². The van der Waals surface area contributed by atoms with E-state index in [0.717, 1.165) is 0 Å². The molecule has 0 aromatic heterocycles. The van der Waals surface area contributed by atoms with E-state index in [1.165, 1.54) is 18.2 Å². The third-order valence-electron chi connectivity index (χ3n) is 1.89. The zero-order valence-corrected chi connectivity index (χ0v) is 9.70. The molecule has 0 saturated carbocycles. The normalized spacial score (nSPS) is 13.4. The first-order chi connectivity index (χ1) is 7.34. The van der Waals surface area contributed by atoms with Gasteiger partial charge in [-0.25, -0.2) is 8.42 Å². The minimum Gasteiger partial charge on any atom is -0.480 e. The summed E-state index contributed by atoms with van der Waals surface area (Å²) in [5, 5.41) is 8.59. The molecule has 0 saturated heterocycles. The van der Waals surface area contributed by atoms with Crippen LogP contribution in [0.25, 0.3) is 0 Å². The highest BCUT2D eigenvalue weighted by Gasteiger charge is 2.24. The fraction of sp³-hybridized carbons (Fsp3) is 0.222. The molecular weight excluding hydrogens is 254 g/mol. The fourth-order valence-corrected chi connectivity index (χ4v) is 3.03. The van der Waals surface area contributed by atoms with Gasteiger partial charge in [0.25, 0.3) is 0 Å². The second kappa shape index (κ2) is 4.82. The van der Waals surface area contributed by atoms with E-state index in [1.54, 1.807) is 6.07 Å². The van der Waals surface area contributed by atoms with Gasteiger partial charge in [-0.1, -0.05) is 23.7 Å². The van der Waals surface area contributed by atoms with Gasteiger partial charge in [0.05, 0.1) is 15.7 Å². The molecule has 0 heterocycles. The Hall–Kier alpha value is -1.11. The molecule has 0 aliphatic heterocycles. The third kappa shape index (κ3) is 2.94. The van der Waals surface area contributed by atoms with Crippen LogP contribution in [0.15, 0.2) is 29.2 Å². The highest BCUT2D eigenvalue weighted by molar-refractivity contribution is 7.91. The number of hydrogen-bond acceptors (Lipinski definition) is 4. The molecule has 1 rings (SSSR count). The average Bonchev–Trinajstić information content (AvgIpc) is 2.17. The lowest BCUT2D eigenvalue weighted by Crippen LogP contribution is -2.37. The molecule has 0 radical (unpaired) electrons. The summed E-state index contributed by atoms with van der Waals surface area (Å²) >= 11 is 5.70. The molecule has 0 amide bonds. The summed E-state index contributed by atoms with van der Waals surface area (Å²) in [7, 11) is -3.77. The first-order valence-corrected chi connectivity index (χ1v) is 6.33. The summed E-state index contributed by atoms with van der Waals surface area (Å²) in [6.45, 7) is 0. The van der Waals surface area contributed by atoms with E-state index in [0.29, 0.717) is 0 Å². The number of aliphatic carboxylic acids is 1. The van der Waals surface area contributed by atoms with Gasteiger partial charge in [-0.15, -0.1) is 0 Å². The predicted octanol–water partition coefficient (Wildman–Crippen LogP) is 0.526. The van der Waals surface area contributed by atoms with Crippen molar-refractivity contribution in [3.8, 4) is 0 Å². The van der Waals surface area contributed by atoms with Crippen molar-refractivity contribution in [2.75, 3.05) is 5.75 Å². The lowest BCUT2D eigenvalue weighted by molar-refractivity contribution is -0.137. The molecule has 7 heteroatoms. The van der Waals surface area contributed by atoms with Crippen LogP contribution in [-0.4, -0.2) is 31.3 Å². The smallest absolute Gasteiger partial charge is 0.321 e. The number of nitrogens with two attached hydrogens (primary N) is 1. The number of halogens is 1. The molecular formula is C9H10ClNO4S. The van der Waals surface area contributed by atoms with Crippen molar-refractivity contribution in [3.63, 3.8) is 0 Å². The van der Waals surface area contributed by atoms with Crippen LogP contribution >= 0.6 is 11.6 Å². The zero-order chi connectivity index (χ0) is 12.3. The first-order valence-electron chi connectivity index (χ1n) is 4.30. The summed E-state index contributed by atoms with van der Waals surface area (Å²) in [5.74, 6) is -2.04. The largest absolute Gasteiger partial charge is 0.480 e. The van der Waals surface area contributed by atoms with Crippen LogP contribution in [0.1, 0.15) is 0 Å². The van der Waals surface area contributed by atoms with E-state index in [1.807, 2.05) is 0 Å². The van der Waals surface area contributed by atoms with Crippen LogP contribution < -0.4 is 5.73 Å². The Labute approximate surface area is 97.8 Å². The van der Waals surface area contributed by atoms with Gasteiger partial charge in [-0.3, -0.25) is 4.79 Å². The molecule has 1 aromatic carbocycles. The Balaban J connectivity index is 3.04. The highest BCUT2D eigenvalue weighted by atomic mass is 35.5. The van der Waals surface area contributed by atoms with Crippen LogP contribution in [0.3, 0.4) is 0 Å². The number of sulfone groups is 1. The van der Waals surface area contributed by atoms with Gasteiger partial charge in [0.1, 0.15) is 6.04 Å². The summed E-state index contributed by atoms with van der Waals surface area (Å²) in [6.07, 6.45) is 0. The van der Waals surface area contributed by atoms with E-state index in [2.05, 4.69) is 0 Å². The second-order valence-corrected chi connectivity index (χ2v) is 5.57. The second-order valence-electron chi connectivity index (χ2n) is 3.16. The summed E-state index contributed by atoms with van der Waals surface area (Å²) in [5.41, 5.74) is 5.17. The van der Waals surface area contributed by atoms with Crippen LogP contribution in [0.5, 0.6) is 0 Å². The van der Waals surface area contributed by atoms with Crippen LogP contribution in [0.4, 0.5) is 0 Å². The van der Waals surface area contributed by atoms with E-state index < -0.39 is 27.6 Å². The van der Waals surface area contributed by atoms with Gasteiger partial charge < -0.3 is 10.8 Å². The maximum atomic E-state index is 11.7. The minimum atomic E-state index is -3.77. The van der Waals surface area contributed by atoms with Gasteiger partial charge in [0.15, 0.2) is 9.84 Å². The minimum absolute atomic E-state index is 0.0556.